The van der Waals surface area contributed by atoms with E-state index in [4.69, 9.17) is 5.26 Å². The number of thiol groups is 1. The molecule has 2 rings (SSSR count). The number of allylic oxidation sites excluding steroid dienone is 10. The summed E-state index contributed by atoms with van der Waals surface area (Å²) in [6.45, 7) is 15.1. The van der Waals surface area contributed by atoms with Gasteiger partial charge in [-0.15, -0.1) is 24.0 Å². The lowest BCUT2D eigenvalue weighted by Crippen LogP contribution is -2.48. The van der Waals surface area contributed by atoms with Crippen molar-refractivity contribution in [2.45, 2.75) is 34.6 Å². The lowest BCUT2D eigenvalue weighted by Gasteiger charge is -2.36. The number of piperazine rings is 1. The second-order valence-electron chi connectivity index (χ2n) is 8.16. The van der Waals surface area contributed by atoms with Gasteiger partial charge in [0, 0.05) is 63.5 Å². The third-order valence-corrected chi connectivity index (χ3v) is 6.10. The van der Waals surface area contributed by atoms with E-state index in [9.17, 15) is 14.0 Å². The molecule has 0 atom stereocenters. The van der Waals surface area contributed by atoms with Gasteiger partial charge in [0.25, 0.3) is 5.91 Å². The average Bonchev–Trinajstić information content (AvgIpc) is 3.34. The summed E-state index contributed by atoms with van der Waals surface area (Å²) >= 11 is 5.93. The van der Waals surface area contributed by atoms with E-state index in [1.807, 2.05) is 26.0 Å². The van der Waals surface area contributed by atoms with Gasteiger partial charge < -0.3 is 14.7 Å². The topological polar surface area (TPSA) is 67.6 Å². The Kier molecular flexibility index (Phi) is 23.0. The summed E-state index contributed by atoms with van der Waals surface area (Å²) in [5, 5.41) is 9.44. The number of hydrogen-bond donors (Lipinski definition) is 1. The van der Waals surface area contributed by atoms with Gasteiger partial charge in [-0.2, -0.15) is 5.26 Å². The third-order valence-electron chi connectivity index (χ3n) is 4.92. The summed E-state index contributed by atoms with van der Waals surface area (Å²) in [6.07, 6.45) is 14.1. The first kappa shape index (κ1) is 37.8. The minimum Gasteiger partial charge on any atom is -0.377 e. The maximum atomic E-state index is 11.9. The number of anilines is 1. The predicted molar refractivity (Wildman–Crippen MR) is 169 cm³/mol. The number of thiophene rings is 1. The van der Waals surface area contributed by atoms with Crippen LogP contribution < -0.4 is 4.90 Å². The quantitative estimate of drug-likeness (QED) is 0.166. The lowest BCUT2D eigenvalue weighted by atomic mass is 10.2. The van der Waals surface area contributed by atoms with Gasteiger partial charge >= 0.3 is 0 Å². The summed E-state index contributed by atoms with van der Waals surface area (Å²) in [7, 11) is 4.13. The number of nitriles is 1. The molecular weight excluding hydrogens is 531 g/mol. The number of nitrogens with zero attached hydrogens (tertiary/aromatic N) is 4. The predicted octanol–water partition coefficient (Wildman–Crippen LogP) is 6.88. The zero-order valence-electron chi connectivity index (χ0n) is 24.2. The Morgan fingerprint density at radius 2 is 1.69 bits per heavy atom. The molecule has 1 fully saturated rings. The van der Waals surface area contributed by atoms with Crippen molar-refractivity contribution in [1.82, 2.24) is 9.80 Å². The normalized spacial score (nSPS) is 13.8. The highest BCUT2D eigenvalue weighted by Gasteiger charge is 2.22. The van der Waals surface area contributed by atoms with Crippen LogP contribution in [0.2, 0.25) is 0 Å². The first-order chi connectivity index (χ1) is 18.5. The van der Waals surface area contributed by atoms with Crippen LogP contribution >= 0.6 is 24.0 Å². The van der Waals surface area contributed by atoms with Gasteiger partial charge in [0.15, 0.2) is 0 Å². The average molecular weight is 575 g/mol. The molecule has 1 amide bonds. The molecule has 0 aliphatic carbocycles. The van der Waals surface area contributed by atoms with Gasteiger partial charge in [0.05, 0.1) is 16.8 Å². The third kappa shape index (κ3) is 18.5. The maximum Gasteiger partial charge on any atom is 0.260 e. The van der Waals surface area contributed by atoms with E-state index in [-0.39, 0.29) is 11.7 Å². The highest BCUT2D eigenvalue weighted by Crippen LogP contribution is 2.22. The number of aldehydes is 1. The van der Waals surface area contributed by atoms with Crippen LogP contribution in [0.5, 0.6) is 0 Å². The number of hydrogen-bond acceptors (Lipinski definition) is 7. The monoisotopic (exact) mass is 574 g/mol. The molecule has 39 heavy (non-hydrogen) atoms. The SMILES string of the molecule is C=C/C=C(\S)C(=O)N1CCN(/C(C)=C/C=O)CC1.CC#N.C\C=C/C=C\C=C(/C)F.Cc1sccc1N(C)C. The minimum atomic E-state index is -0.171. The van der Waals surface area contributed by atoms with Gasteiger partial charge in [0.2, 0.25) is 0 Å². The van der Waals surface area contributed by atoms with Crippen molar-refractivity contribution >= 4 is 41.8 Å². The molecule has 0 N–H and O–H groups in total. The number of aryl methyl sites for hydroxylation is 1. The van der Waals surface area contributed by atoms with Gasteiger partial charge in [-0.1, -0.05) is 37.0 Å². The van der Waals surface area contributed by atoms with Crippen LogP contribution in [0.25, 0.3) is 0 Å². The largest absolute Gasteiger partial charge is 0.377 e. The summed E-state index contributed by atoms with van der Waals surface area (Å²) in [6, 6.07) is 3.89. The Morgan fingerprint density at radius 3 is 2.08 bits per heavy atom. The van der Waals surface area contributed by atoms with E-state index >= 15 is 0 Å². The van der Waals surface area contributed by atoms with E-state index in [1.165, 1.54) is 30.5 Å². The van der Waals surface area contributed by atoms with E-state index in [1.54, 1.807) is 52.7 Å². The van der Waals surface area contributed by atoms with Gasteiger partial charge in [-0.25, -0.2) is 4.39 Å². The summed E-state index contributed by atoms with van der Waals surface area (Å²) in [4.78, 5) is 30.1. The molecule has 1 saturated heterocycles. The molecule has 0 aromatic carbocycles. The molecular formula is C30H43FN4O2S2. The van der Waals surface area contributed by atoms with Crippen LogP contribution in [-0.2, 0) is 9.59 Å². The van der Waals surface area contributed by atoms with Crippen molar-refractivity contribution in [3.63, 3.8) is 0 Å². The Balaban J connectivity index is 0. The molecule has 0 spiro atoms. The number of rotatable bonds is 7. The fraction of sp³-hybridized carbons (Fsp3) is 0.367. The van der Waals surface area contributed by atoms with Crippen LogP contribution in [0.4, 0.5) is 10.1 Å². The molecule has 0 bridgehead atoms. The van der Waals surface area contributed by atoms with Gasteiger partial charge in [0.1, 0.15) is 6.29 Å². The molecule has 214 valence electrons. The van der Waals surface area contributed by atoms with Crippen molar-refractivity contribution < 1.29 is 14.0 Å². The zero-order chi connectivity index (χ0) is 30.2. The van der Waals surface area contributed by atoms with E-state index in [0.717, 1.165) is 25.1 Å². The van der Waals surface area contributed by atoms with Crippen molar-refractivity contribution in [3.05, 3.63) is 87.9 Å². The number of carbonyl (C=O) groups excluding carboxylic acids is 2. The standard InChI is InChI=1S/C13H18N2O2S.C8H11F.C7H11NS.C2H3N/c1-3-4-12(18)13(17)15-8-6-14(7-9-15)11(2)5-10-16;1-3-4-5-6-7-8(2)9;1-6-7(8(2)3)4-5-9-6;1-2-3/h3-5,10,18H,1,6-9H2,2H3;3-7H,1-2H3;4-5H,1-3H3;1H3/b11-5+,12-4-;4-3-,6-5-,8-7+;;. The first-order valence-corrected chi connectivity index (χ1v) is 13.6. The molecule has 0 unspecified atom stereocenters. The summed E-state index contributed by atoms with van der Waals surface area (Å²) in [5.41, 5.74) is 2.27. The molecule has 6 nitrogen and oxygen atoms in total. The second-order valence-corrected chi connectivity index (χ2v) is 9.76. The fourth-order valence-corrected chi connectivity index (χ4v) is 4.04. The molecule has 1 aliphatic rings. The Labute approximate surface area is 244 Å². The maximum absolute atomic E-state index is 11.9. The second kappa shape index (κ2) is 23.7. The fourth-order valence-electron chi connectivity index (χ4n) is 3.02. The highest BCUT2D eigenvalue weighted by molar-refractivity contribution is 7.85. The van der Waals surface area contributed by atoms with Crippen molar-refractivity contribution in [2.75, 3.05) is 45.2 Å². The summed E-state index contributed by atoms with van der Waals surface area (Å²) < 4.78 is 11.9. The van der Waals surface area contributed by atoms with Crippen molar-refractivity contribution in [1.29, 1.82) is 5.26 Å². The van der Waals surface area contributed by atoms with E-state index in [2.05, 4.69) is 61.5 Å². The van der Waals surface area contributed by atoms with Crippen LogP contribution in [0.3, 0.4) is 0 Å². The van der Waals surface area contributed by atoms with Crippen molar-refractivity contribution in [2.24, 2.45) is 0 Å². The molecule has 9 heteroatoms. The molecule has 1 aromatic rings. The Hall–Kier alpha value is -3.35. The molecule has 1 aliphatic heterocycles. The molecule has 1 aromatic heterocycles. The Bertz CT molecular complexity index is 1050. The van der Waals surface area contributed by atoms with Gasteiger partial charge in [-0.3, -0.25) is 9.59 Å². The zero-order valence-corrected chi connectivity index (χ0v) is 25.9. The van der Waals surface area contributed by atoms with E-state index < -0.39 is 0 Å². The number of halogens is 1. The minimum absolute atomic E-state index is 0.0742. The summed E-state index contributed by atoms with van der Waals surface area (Å²) in [5.74, 6) is -0.245. The highest BCUT2D eigenvalue weighted by atomic mass is 32.1. The van der Waals surface area contributed by atoms with Crippen LogP contribution in [0.15, 0.2) is 83.1 Å². The number of amides is 1. The number of carbonyl (C=O) groups is 2. The Morgan fingerprint density at radius 1 is 1.13 bits per heavy atom. The van der Waals surface area contributed by atoms with Crippen molar-refractivity contribution in [3.8, 4) is 6.07 Å². The lowest BCUT2D eigenvalue weighted by molar-refractivity contribution is -0.127. The molecule has 0 radical (unpaired) electrons. The van der Waals surface area contributed by atoms with Crippen LogP contribution in [0, 0.1) is 18.3 Å². The van der Waals surface area contributed by atoms with E-state index in [0.29, 0.717) is 18.0 Å². The molecule has 2 heterocycles. The van der Waals surface area contributed by atoms with Gasteiger partial charge in [-0.05, 0) is 57.4 Å². The smallest absolute Gasteiger partial charge is 0.260 e. The van der Waals surface area contributed by atoms with Crippen LogP contribution in [-0.4, -0.2) is 62.3 Å². The molecule has 0 saturated carbocycles. The van der Waals surface area contributed by atoms with Crippen LogP contribution in [0.1, 0.15) is 32.6 Å². The first-order valence-electron chi connectivity index (χ1n) is 12.3.